The molecule has 0 fully saturated rings. The summed E-state index contributed by atoms with van der Waals surface area (Å²) in [6.45, 7) is 0. The molecule has 1 aromatic heterocycles. The molecule has 0 unspecified atom stereocenters. The van der Waals surface area contributed by atoms with Gasteiger partial charge < -0.3 is 14.8 Å². The van der Waals surface area contributed by atoms with E-state index in [1.54, 1.807) is 31.5 Å². The van der Waals surface area contributed by atoms with Crippen molar-refractivity contribution in [2.45, 2.75) is 0 Å². The summed E-state index contributed by atoms with van der Waals surface area (Å²) in [7, 11) is 1.59. The predicted molar refractivity (Wildman–Crippen MR) is 59.7 cm³/mol. The quantitative estimate of drug-likeness (QED) is 0.829. The SMILES string of the molecule is COc1ccc(-c2cc[nH]c2C(=O)O)cc1. The first-order chi connectivity index (χ1) is 7.72. The average molecular weight is 217 g/mol. The van der Waals surface area contributed by atoms with E-state index in [0.717, 1.165) is 11.3 Å². The van der Waals surface area contributed by atoms with E-state index in [2.05, 4.69) is 4.98 Å². The van der Waals surface area contributed by atoms with Gasteiger partial charge in [0.05, 0.1) is 7.11 Å². The number of methoxy groups -OCH3 is 1. The highest BCUT2D eigenvalue weighted by Gasteiger charge is 2.12. The minimum absolute atomic E-state index is 0.199. The molecule has 16 heavy (non-hydrogen) atoms. The Kier molecular flexibility index (Phi) is 2.64. The maximum absolute atomic E-state index is 10.9. The van der Waals surface area contributed by atoms with Crippen molar-refractivity contribution in [3.8, 4) is 16.9 Å². The first-order valence-electron chi connectivity index (χ1n) is 4.77. The summed E-state index contributed by atoms with van der Waals surface area (Å²) in [6, 6.07) is 9.00. The van der Waals surface area contributed by atoms with Gasteiger partial charge in [0.2, 0.25) is 0 Å². The molecule has 0 aliphatic rings. The molecule has 4 nitrogen and oxygen atoms in total. The zero-order chi connectivity index (χ0) is 11.5. The van der Waals surface area contributed by atoms with Gasteiger partial charge in [-0.25, -0.2) is 4.79 Å². The van der Waals surface area contributed by atoms with Crippen LogP contribution in [0.3, 0.4) is 0 Å². The number of carboxylic acids is 1. The van der Waals surface area contributed by atoms with Gasteiger partial charge in [-0.05, 0) is 23.8 Å². The smallest absolute Gasteiger partial charge is 0.352 e. The van der Waals surface area contributed by atoms with Gasteiger partial charge in [0.25, 0.3) is 0 Å². The van der Waals surface area contributed by atoms with Gasteiger partial charge >= 0.3 is 5.97 Å². The van der Waals surface area contributed by atoms with Gasteiger partial charge in [-0.1, -0.05) is 12.1 Å². The van der Waals surface area contributed by atoms with Gasteiger partial charge in [-0.3, -0.25) is 0 Å². The number of ether oxygens (including phenoxy) is 1. The Hall–Kier alpha value is -2.23. The van der Waals surface area contributed by atoms with Crippen LogP contribution in [0.5, 0.6) is 5.75 Å². The van der Waals surface area contributed by atoms with Crippen molar-refractivity contribution in [3.05, 3.63) is 42.2 Å². The highest BCUT2D eigenvalue weighted by atomic mass is 16.5. The molecule has 0 amide bonds. The minimum atomic E-state index is -0.962. The zero-order valence-corrected chi connectivity index (χ0v) is 8.73. The third-order valence-electron chi connectivity index (χ3n) is 2.36. The fraction of sp³-hybridized carbons (Fsp3) is 0.0833. The van der Waals surface area contributed by atoms with Crippen LogP contribution >= 0.6 is 0 Å². The fourth-order valence-corrected chi connectivity index (χ4v) is 1.56. The third-order valence-corrected chi connectivity index (χ3v) is 2.36. The molecule has 0 aliphatic heterocycles. The second-order valence-electron chi connectivity index (χ2n) is 3.30. The molecule has 2 N–H and O–H groups in total. The first-order valence-corrected chi connectivity index (χ1v) is 4.77. The summed E-state index contributed by atoms with van der Waals surface area (Å²) < 4.78 is 5.04. The van der Waals surface area contributed by atoms with Crippen molar-refractivity contribution in [3.63, 3.8) is 0 Å². The second kappa shape index (κ2) is 4.10. The molecule has 82 valence electrons. The van der Waals surface area contributed by atoms with Crippen molar-refractivity contribution >= 4 is 5.97 Å². The van der Waals surface area contributed by atoms with Crippen LogP contribution in [0.4, 0.5) is 0 Å². The van der Waals surface area contributed by atoms with Gasteiger partial charge in [-0.15, -0.1) is 0 Å². The van der Waals surface area contributed by atoms with Crippen LogP contribution in [-0.4, -0.2) is 23.2 Å². The standard InChI is InChI=1S/C12H11NO3/c1-16-9-4-2-8(3-5-9)10-6-7-13-11(10)12(14)15/h2-7,13H,1H3,(H,14,15). The number of hydrogen-bond acceptors (Lipinski definition) is 2. The Morgan fingerprint density at radius 1 is 1.25 bits per heavy atom. The molecule has 2 rings (SSSR count). The molecule has 1 heterocycles. The van der Waals surface area contributed by atoms with Crippen LogP contribution in [0, 0.1) is 0 Å². The Morgan fingerprint density at radius 2 is 1.94 bits per heavy atom. The number of H-pyrrole nitrogens is 1. The van der Waals surface area contributed by atoms with Crippen molar-refractivity contribution in [1.29, 1.82) is 0 Å². The minimum Gasteiger partial charge on any atom is -0.497 e. The van der Waals surface area contributed by atoms with Crippen LogP contribution in [0.15, 0.2) is 36.5 Å². The molecule has 0 spiro atoms. The fourth-order valence-electron chi connectivity index (χ4n) is 1.56. The molecule has 2 aromatic rings. The highest BCUT2D eigenvalue weighted by molar-refractivity contribution is 5.94. The Morgan fingerprint density at radius 3 is 2.50 bits per heavy atom. The van der Waals surface area contributed by atoms with Crippen molar-refractivity contribution in [2.24, 2.45) is 0 Å². The molecular weight excluding hydrogens is 206 g/mol. The summed E-state index contributed by atoms with van der Waals surface area (Å²) in [6.07, 6.45) is 1.61. The maximum Gasteiger partial charge on any atom is 0.352 e. The summed E-state index contributed by atoms with van der Waals surface area (Å²) in [5.41, 5.74) is 1.72. The number of carbonyl (C=O) groups is 1. The van der Waals surface area contributed by atoms with Crippen LogP contribution < -0.4 is 4.74 Å². The van der Waals surface area contributed by atoms with E-state index >= 15 is 0 Å². The van der Waals surface area contributed by atoms with Gasteiger partial charge in [0, 0.05) is 11.8 Å². The zero-order valence-electron chi connectivity index (χ0n) is 8.73. The van der Waals surface area contributed by atoms with E-state index < -0.39 is 5.97 Å². The number of aromatic carboxylic acids is 1. The number of rotatable bonds is 3. The molecule has 0 radical (unpaired) electrons. The number of carboxylic acid groups (broad SMARTS) is 1. The summed E-state index contributed by atoms with van der Waals surface area (Å²) >= 11 is 0. The molecule has 0 aliphatic carbocycles. The van der Waals surface area contributed by atoms with Crippen molar-refractivity contribution in [2.75, 3.05) is 7.11 Å². The molecule has 0 atom stereocenters. The first kappa shape index (κ1) is 10.3. The number of aromatic nitrogens is 1. The van der Waals surface area contributed by atoms with Gasteiger partial charge in [-0.2, -0.15) is 0 Å². The van der Waals surface area contributed by atoms with E-state index in [1.807, 2.05) is 12.1 Å². The monoisotopic (exact) mass is 217 g/mol. The summed E-state index contributed by atoms with van der Waals surface area (Å²) in [4.78, 5) is 13.6. The predicted octanol–water partition coefficient (Wildman–Crippen LogP) is 2.39. The largest absolute Gasteiger partial charge is 0.497 e. The molecule has 0 saturated carbocycles. The lowest BCUT2D eigenvalue weighted by atomic mass is 10.1. The van der Waals surface area contributed by atoms with Gasteiger partial charge in [0.1, 0.15) is 11.4 Å². The van der Waals surface area contributed by atoms with E-state index in [4.69, 9.17) is 9.84 Å². The molecule has 4 heteroatoms. The highest BCUT2D eigenvalue weighted by Crippen LogP contribution is 2.25. The summed E-state index contributed by atoms with van der Waals surface area (Å²) in [5, 5.41) is 8.96. The number of hydrogen-bond donors (Lipinski definition) is 2. The topological polar surface area (TPSA) is 62.3 Å². The lowest BCUT2D eigenvalue weighted by molar-refractivity contribution is 0.0692. The number of aromatic amines is 1. The van der Waals surface area contributed by atoms with Crippen LogP contribution in [0.25, 0.3) is 11.1 Å². The normalized spacial score (nSPS) is 10.1. The molecular formula is C12H11NO3. The Labute approximate surface area is 92.5 Å². The van der Waals surface area contributed by atoms with Crippen molar-refractivity contribution in [1.82, 2.24) is 4.98 Å². The van der Waals surface area contributed by atoms with Crippen LogP contribution in [0.2, 0.25) is 0 Å². The lowest BCUT2D eigenvalue weighted by Crippen LogP contribution is -1.98. The summed E-state index contributed by atoms with van der Waals surface area (Å²) in [5.74, 6) is -0.216. The van der Waals surface area contributed by atoms with E-state index in [0.29, 0.717) is 5.56 Å². The molecule has 0 bridgehead atoms. The number of nitrogens with one attached hydrogen (secondary N) is 1. The molecule has 1 aromatic carbocycles. The van der Waals surface area contributed by atoms with E-state index in [9.17, 15) is 4.79 Å². The average Bonchev–Trinajstić information content (AvgIpc) is 2.78. The second-order valence-corrected chi connectivity index (χ2v) is 3.30. The Balaban J connectivity index is 2.42. The molecule has 0 saturated heterocycles. The van der Waals surface area contributed by atoms with Crippen molar-refractivity contribution < 1.29 is 14.6 Å². The van der Waals surface area contributed by atoms with Gasteiger partial charge in [0.15, 0.2) is 0 Å². The third kappa shape index (κ3) is 1.77. The van der Waals surface area contributed by atoms with Crippen LogP contribution in [-0.2, 0) is 0 Å². The maximum atomic E-state index is 10.9. The van der Waals surface area contributed by atoms with E-state index in [-0.39, 0.29) is 5.69 Å². The lowest BCUT2D eigenvalue weighted by Gasteiger charge is -2.02. The van der Waals surface area contributed by atoms with E-state index in [1.165, 1.54) is 0 Å². The number of benzene rings is 1. The van der Waals surface area contributed by atoms with Crippen LogP contribution in [0.1, 0.15) is 10.5 Å². The Bertz CT molecular complexity index is 499.